The molecule has 5 heteroatoms. The van der Waals surface area contributed by atoms with Gasteiger partial charge in [-0.3, -0.25) is 4.99 Å². The van der Waals surface area contributed by atoms with Crippen molar-refractivity contribution < 1.29 is 4.74 Å². The van der Waals surface area contributed by atoms with E-state index in [9.17, 15) is 0 Å². The monoisotopic (exact) mass is 321 g/mol. The molecule has 1 unspecified atom stereocenters. The van der Waals surface area contributed by atoms with Crippen LogP contribution in [-0.4, -0.2) is 37.2 Å². The number of thioether (sulfide) groups is 1. The maximum Gasteiger partial charge on any atom is 0.191 e. The highest BCUT2D eigenvalue weighted by Crippen LogP contribution is 2.36. The number of aryl methyl sites for hydroxylation is 1. The Balaban J connectivity index is 1.87. The minimum absolute atomic E-state index is 0.337. The topological polar surface area (TPSA) is 45.7 Å². The largest absolute Gasteiger partial charge is 0.497 e. The zero-order chi connectivity index (χ0) is 16.0. The van der Waals surface area contributed by atoms with Crippen LogP contribution in [0.4, 0.5) is 0 Å². The first kappa shape index (κ1) is 17.0. The van der Waals surface area contributed by atoms with Crippen LogP contribution < -0.4 is 15.4 Å². The van der Waals surface area contributed by atoms with Crippen LogP contribution in [0.25, 0.3) is 0 Å². The van der Waals surface area contributed by atoms with Crippen LogP contribution in [0, 0.1) is 6.92 Å². The highest BCUT2D eigenvalue weighted by molar-refractivity contribution is 8.00. The van der Waals surface area contributed by atoms with Crippen LogP contribution in [0.15, 0.2) is 23.2 Å². The van der Waals surface area contributed by atoms with Crippen molar-refractivity contribution in [3.63, 3.8) is 0 Å². The summed E-state index contributed by atoms with van der Waals surface area (Å²) in [5.41, 5.74) is 2.40. The number of benzene rings is 1. The Kier molecular flexibility index (Phi) is 6.00. The lowest BCUT2D eigenvalue weighted by molar-refractivity contribution is 0.414. The second-order valence-corrected chi connectivity index (χ2v) is 7.72. The van der Waals surface area contributed by atoms with Crippen molar-refractivity contribution in [1.29, 1.82) is 0 Å². The van der Waals surface area contributed by atoms with E-state index in [0.29, 0.717) is 4.75 Å². The number of guanidine groups is 1. The number of ether oxygens (including phenoxy) is 1. The van der Waals surface area contributed by atoms with E-state index < -0.39 is 0 Å². The summed E-state index contributed by atoms with van der Waals surface area (Å²) >= 11 is 2.06. The molecule has 0 amide bonds. The van der Waals surface area contributed by atoms with Crippen LogP contribution in [0.1, 0.15) is 30.9 Å². The van der Waals surface area contributed by atoms with Crippen molar-refractivity contribution >= 4 is 17.7 Å². The smallest absolute Gasteiger partial charge is 0.191 e. The highest BCUT2D eigenvalue weighted by Gasteiger charge is 2.29. The van der Waals surface area contributed by atoms with Crippen molar-refractivity contribution in [2.45, 2.75) is 38.0 Å². The molecule has 1 atom stereocenters. The van der Waals surface area contributed by atoms with Gasteiger partial charge in [0.1, 0.15) is 5.75 Å². The number of hydrogen-bond acceptors (Lipinski definition) is 3. The number of aliphatic imine (C=N–C) groups is 1. The Morgan fingerprint density at radius 3 is 2.82 bits per heavy atom. The molecule has 2 N–H and O–H groups in total. The van der Waals surface area contributed by atoms with Gasteiger partial charge in [-0.25, -0.2) is 0 Å². The normalized spacial score (nSPS) is 21.7. The summed E-state index contributed by atoms with van der Waals surface area (Å²) < 4.78 is 5.66. The van der Waals surface area contributed by atoms with Crippen molar-refractivity contribution in [2.75, 3.05) is 26.5 Å². The van der Waals surface area contributed by atoms with E-state index in [4.69, 9.17) is 4.74 Å². The second-order valence-electron chi connectivity index (χ2n) is 6.04. The Labute approximate surface area is 138 Å². The van der Waals surface area contributed by atoms with E-state index in [2.05, 4.69) is 53.4 Å². The number of nitrogens with zero attached hydrogens (tertiary/aromatic N) is 1. The molecule has 1 aromatic rings. The lowest BCUT2D eigenvalue weighted by atomic mass is 10.1. The van der Waals surface area contributed by atoms with E-state index in [-0.39, 0.29) is 0 Å². The van der Waals surface area contributed by atoms with Crippen LogP contribution in [0.2, 0.25) is 0 Å². The highest BCUT2D eigenvalue weighted by atomic mass is 32.2. The first-order valence-electron chi connectivity index (χ1n) is 7.78. The average Bonchev–Trinajstić information content (AvgIpc) is 2.94. The van der Waals surface area contributed by atoms with Crippen LogP contribution in [0.3, 0.4) is 0 Å². The van der Waals surface area contributed by atoms with Gasteiger partial charge in [0.05, 0.1) is 7.11 Å². The molecule has 2 rings (SSSR count). The number of nitrogens with one attached hydrogen (secondary N) is 2. The Hall–Kier alpha value is -1.36. The fourth-order valence-electron chi connectivity index (χ4n) is 2.70. The van der Waals surface area contributed by atoms with Gasteiger partial charge >= 0.3 is 0 Å². The van der Waals surface area contributed by atoms with Gasteiger partial charge in [-0.1, -0.05) is 6.07 Å². The summed E-state index contributed by atoms with van der Waals surface area (Å²) in [5, 5.41) is 6.83. The molecule has 1 saturated heterocycles. The summed E-state index contributed by atoms with van der Waals surface area (Å²) in [6.07, 6.45) is 2.59. The van der Waals surface area contributed by atoms with E-state index in [1.807, 2.05) is 13.1 Å². The van der Waals surface area contributed by atoms with E-state index in [1.54, 1.807) is 7.11 Å². The van der Waals surface area contributed by atoms with E-state index >= 15 is 0 Å². The number of rotatable bonds is 5. The average molecular weight is 321 g/mol. The summed E-state index contributed by atoms with van der Waals surface area (Å²) in [5.74, 6) is 3.02. The van der Waals surface area contributed by atoms with Gasteiger partial charge in [0.2, 0.25) is 0 Å². The minimum atomic E-state index is 0.337. The molecular weight excluding hydrogens is 294 g/mol. The van der Waals surface area contributed by atoms with Gasteiger partial charge in [0, 0.05) is 24.9 Å². The third-order valence-corrected chi connectivity index (χ3v) is 5.50. The third kappa shape index (κ3) is 4.83. The van der Waals surface area contributed by atoms with Gasteiger partial charge in [-0.15, -0.1) is 0 Å². The molecule has 22 heavy (non-hydrogen) atoms. The SMILES string of the molecule is CN=C(NCc1cc(C)cc(OC)c1)NCC1(C)CCCS1. The standard InChI is InChI=1S/C17H27N3OS/c1-13-8-14(10-15(9-13)21-4)11-19-16(18-3)20-12-17(2)6-5-7-22-17/h8-10H,5-7,11-12H2,1-4H3,(H2,18,19,20). The molecule has 0 aromatic heterocycles. The molecule has 1 aliphatic heterocycles. The molecule has 0 aliphatic carbocycles. The summed E-state index contributed by atoms with van der Waals surface area (Å²) in [7, 11) is 3.52. The molecule has 1 heterocycles. The van der Waals surface area contributed by atoms with Crippen molar-refractivity contribution in [1.82, 2.24) is 10.6 Å². The number of hydrogen-bond donors (Lipinski definition) is 2. The summed E-state index contributed by atoms with van der Waals surface area (Å²) in [6.45, 7) is 6.10. The van der Waals surface area contributed by atoms with Gasteiger partial charge < -0.3 is 15.4 Å². The molecular formula is C17H27N3OS. The lowest BCUT2D eigenvalue weighted by Gasteiger charge is -2.24. The van der Waals surface area contributed by atoms with Crippen LogP contribution in [0.5, 0.6) is 5.75 Å². The van der Waals surface area contributed by atoms with Crippen LogP contribution in [-0.2, 0) is 6.54 Å². The fraction of sp³-hybridized carbons (Fsp3) is 0.588. The number of methoxy groups -OCH3 is 1. The predicted molar refractivity (Wildman–Crippen MR) is 96.0 cm³/mol. The Morgan fingerprint density at radius 1 is 1.36 bits per heavy atom. The van der Waals surface area contributed by atoms with Gasteiger partial charge in [0.15, 0.2) is 5.96 Å². The first-order chi connectivity index (χ1) is 10.5. The Bertz CT molecular complexity index is 525. The first-order valence-corrected chi connectivity index (χ1v) is 8.76. The van der Waals surface area contributed by atoms with Gasteiger partial charge in [-0.2, -0.15) is 11.8 Å². The lowest BCUT2D eigenvalue weighted by Crippen LogP contribution is -2.43. The maximum atomic E-state index is 5.32. The molecule has 122 valence electrons. The molecule has 1 fully saturated rings. The quantitative estimate of drug-likeness (QED) is 0.646. The molecule has 0 bridgehead atoms. The fourth-order valence-corrected chi connectivity index (χ4v) is 3.94. The summed E-state index contributed by atoms with van der Waals surface area (Å²) in [4.78, 5) is 4.31. The third-order valence-electron chi connectivity index (χ3n) is 3.96. The summed E-state index contributed by atoms with van der Waals surface area (Å²) in [6, 6.07) is 6.26. The molecule has 4 nitrogen and oxygen atoms in total. The minimum Gasteiger partial charge on any atom is -0.497 e. The zero-order valence-corrected chi connectivity index (χ0v) is 14.8. The zero-order valence-electron chi connectivity index (χ0n) is 14.0. The van der Waals surface area contributed by atoms with E-state index in [0.717, 1.165) is 24.8 Å². The van der Waals surface area contributed by atoms with Crippen molar-refractivity contribution in [3.8, 4) is 5.75 Å². The molecule has 0 spiro atoms. The molecule has 1 aromatic carbocycles. The molecule has 1 aliphatic rings. The van der Waals surface area contributed by atoms with Crippen molar-refractivity contribution in [2.24, 2.45) is 4.99 Å². The van der Waals surface area contributed by atoms with Crippen LogP contribution >= 0.6 is 11.8 Å². The predicted octanol–water partition coefficient (Wildman–Crippen LogP) is 2.95. The molecule has 0 saturated carbocycles. The Morgan fingerprint density at radius 2 is 2.18 bits per heavy atom. The molecule has 0 radical (unpaired) electrons. The second kappa shape index (κ2) is 7.77. The van der Waals surface area contributed by atoms with Gasteiger partial charge in [0.25, 0.3) is 0 Å². The van der Waals surface area contributed by atoms with E-state index in [1.165, 1.54) is 29.7 Å². The van der Waals surface area contributed by atoms with Crippen molar-refractivity contribution in [3.05, 3.63) is 29.3 Å². The van der Waals surface area contributed by atoms with Gasteiger partial charge in [-0.05, 0) is 55.7 Å². The maximum absolute atomic E-state index is 5.32.